The van der Waals surface area contributed by atoms with Gasteiger partial charge in [0, 0.05) is 13.0 Å². The van der Waals surface area contributed by atoms with Crippen molar-refractivity contribution in [1.29, 1.82) is 0 Å². The summed E-state index contributed by atoms with van der Waals surface area (Å²) in [5, 5.41) is 9.13. The molecule has 0 atom stereocenters. The molecule has 0 amide bonds. The molecule has 0 bridgehead atoms. The zero-order valence-corrected chi connectivity index (χ0v) is 11.2. The first-order chi connectivity index (χ1) is 8.59. The molecule has 100 valence electrons. The van der Waals surface area contributed by atoms with E-state index in [4.69, 9.17) is 21.4 Å². The van der Waals surface area contributed by atoms with Crippen LogP contribution in [0.15, 0.2) is 24.3 Å². The number of carboxylic acid groups (broad SMARTS) is 1. The first kappa shape index (κ1) is 14.8. The van der Waals surface area contributed by atoms with Gasteiger partial charge in [0.1, 0.15) is 12.4 Å². The highest BCUT2D eigenvalue weighted by atomic mass is 35.5. The Morgan fingerprint density at radius 1 is 1.39 bits per heavy atom. The molecule has 4 nitrogen and oxygen atoms in total. The van der Waals surface area contributed by atoms with Gasteiger partial charge in [-0.2, -0.15) is 0 Å². The van der Waals surface area contributed by atoms with Crippen molar-refractivity contribution in [2.24, 2.45) is 0 Å². The van der Waals surface area contributed by atoms with Gasteiger partial charge in [0.2, 0.25) is 0 Å². The summed E-state index contributed by atoms with van der Waals surface area (Å²) < 4.78 is 5.54. The molecule has 5 heteroatoms. The molecule has 0 radical (unpaired) electrons. The summed E-state index contributed by atoms with van der Waals surface area (Å²) in [4.78, 5) is 12.4. The lowest BCUT2D eigenvalue weighted by Gasteiger charge is -2.16. The lowest BCUT2D eigenvalue weighted by atomic mass is 10.3. The smallest absolute Gasteiger partial charge is 0.303 e. The molecular formula is C13H18ClNO3. The summed E-state index contributed by atoms with van der Waals surface area (Å²) in [6, 6.07) is 7.34. The zero-order chi connectivity index (χ0) is 13.4. The van der Waals surface area contributed by atoms with Gasteiger partial charge in [-0.3, -0.25) is 4.79 Å². The molecule has 0 spiro atoms. The van der Waals surface area contributed by atoms with Crippen LogP contribution < -0.4 is 4.74 Å². The monoisotopic (exact) mass is 271 g/mol. The van der Waals surface area contributed by atoms with Crippen LogP contribution >= 0.6 is 11.6 Å². The number of para-hydroxylation sites is 1. The number of hydrogen-bond donors (Lipinski definition) is 1. The second-order valence-corrected chi connectivity index (χ2v) is 4.49. The van der Waals surface area contributed by atoms with Crippen molar-refractivity contribution in [1.82, 2.24) is 4.90 Å². The standard InChI is InChI=1S/C13H18ClNO3/c1-15(8-4-7-13(16)17)9-10-18-12-6-3-2-5-11(12)14/h2-3,5-6H,4,7-10H2,1H3,(H,16,17). The minimum absolute atomic E-state index is 0.204. The highest BCUT2D eigenvalue weighted by Gasteiger charge is 2.03. The molecule has 1 N–H and O–H groups in total. The molecule has 0 saturated carbocycles. The van der Waals surface area contributed by atoms with Crippen molar-refractivity contribution in [3.63, 3.8) is 0 Å². The van der Waals surface area contributed by atoms with E-state index >= 15 is 0 Å². The van der Waals surface area contributed by atoms with E-state index in [0.29, 0.717) is 23.8 Å². The Morgan fingerprint density at radius 2 is 2.11 bits per heavy atom. The van der Waals surface area contributed by atoms with Gasteiger partial charge in [-0.1, -0.05) is 23.7 Å². The van der Waals surface area contributed by atoms with E-state index in [0.717, 1.165) is 13.1 Å². The van der Waals surface area contributed by atoms with Crippen LogP contribution in [0, 0.1) is 0 Å². The second-order valence-electron chi connectivity index (χ2n) is 4.08. The molecule has 1 rings (SSSR count). The highest BCUT2D eigenvalue weighted by molar-refractivity contribution is 6.32. The summed E-state index contributed by atoms with van der Waals surface area (Å²) in [5.41, 5.74) is 0. The number of benzene rings is 1. The maximum atomic E-state index is 10.4. The first-order valence-corrected chi connectivity index (χ1v) is 6.25. The number of carboxylic acids is 1. The largest absolute Gasteiger partial charge is 0.491 e. The summed E-state index contributed by atoms with van der Waals surface area (Å²) in [5.74, 6) is -0.0752. The number of likely N-dealkylation sites (N-methyl/N-ethyl adjacent to an activating group) is 1. The van der Waals surface area contributed by atoms with Crippen LogP contribution in [-0.2, 0) is 4.79 Å². The normalized spacial score (nSPS) is 10.6. The fourth-order valence-corrected chi connectivity index (χ4v) is 1.68. The molecule has 0 fully saturated rings. The summed E-state index contributed by atoms with van der Waals surface area (Å²) in [6.07, 6.45) is 0.855. The van der Waals surface area contributed by atoms with Crippen molar-refractivity contribution >= 4 is 17.6 Å². The maximum Gasteiger partial charge on any atom is 0.303 e. The van der Waals surface area contributed by atoms with Crippen LogP contribution in [0.1, 0.15) is 12.8 Å². The molecule has 0 aliphatic heterocycles. The fourth-order valence-electron chi connectivity index (χ4n) is 1.49. The van der Waals surface area contributed by atoms with E-state index in [9.17, 15) is 4.79 Å². The molecule has 1 aromatic rings. The van der Waals surface area contributed by atoms with Gasteiger partial charge in [-0.15, -0.1) is 0 Å². The highest BCUT2D eigenvalue weighted by Crippen LogP contribution is 2.22. The Kier molecular flexibility index (Phi) is 6.54. The third kappa shape index (κ3) is 5.89. The number of aliphatic carboxylic acids is 1. The predicted octanol–water partition coefficient (Wildman–Crippen LogP) is 2.52. The number of carbonyl (C=O) groups is 1. The molecular weight excluding hydrogens is 254 g/mol. The van der Waals surface area contributed by atoms with Crippen LogP contribution in [0.4, 0.5) is 0 Å². The Labute approximate surface area is 112 Å². The minimum atomic E-state index is -0.754. The molecule has 1 aromatic carbocycles. The summed E-state index contributed by atoms with van der Waals surface area (Å²) in [7, 11) is 1.94. The van der Waals surface area contributed by atoms with E-state index in [2.05, 4.69) is 0 Å². The molecule has 0 aliphatic carbocycles. The van der Waals surface area contributed by atoms with Crippen molar-refractivity contribution in [3.8, 4) is 5.75 Å². The van der Waals surface area contributed by atoms with Gasteiger partial charge in [-0.25, -0.2) is 0 Å². The number of nitrogens with zero attached hydrogens (tertiary/aromatic N) is 1. The Hall–Kier alpha value is -1.26. The molecule has 0 saturated heterocycles. The van der Waals surface area contributed by atoms with E-state index in [1.807, 2.05) is 30.1 Å². The Morgan fingerprint density at radius 3 is 2.78 bits per heavy atom. The number of ether oxygens (including phenoxy) is 1. The van der Waals surface area contributed by atoms with Crippen LogP contribution in [0.5, 0.6) is 5.75 Å². The molecule has 18 heavy (non-hydrogen) atoms. The van der Waals surface area contributed by atoms with Crippen LogP contribution in [0.2, 0.25) is 5.02 Å². The average Bonchev–Trinajstić information content (AvgIpc) is 2.31. The predicted molar refractivity (Wildman–Crippen MR) is 71.3 cm³/mol. The third-order valence-electron chi connectivity index (χ3n) is 2.50. The molecule has 0 aliphatic rings. The first-order valence-electron chi connectivity index (χ1n) is 5.87. The molecule has 0 unspecified atom stereocenters. The van der Waals surface area contributed by atoms with E-state index in [1.54, 1.807) is 6.07 Å². The van der Waals surface area contributed by atoms with Gasteiger partial charge in [0.25, 0.3) is 0 Å². The van der Waals surface area contributed by atoms with Crippen molar-refractivity contribution in [2.45, 2.75) is 12.8 Å². The van der Waals surface area contributed by atoms with Crippen LogP contribution in [0.25, 0.3) is 0 Å². The number of rotatable bonds is 8. The van der Waals surface area contributed by atoms with Gasteiger partial charge < -0.3 is 14.7 Å². The number of hydrogen-bond acceptors (Lipinski definition) is 3. The molecule has 0 heterocycles. The van der Waals surface area contributed by atoms with E-state index in [-0.39, 0.29) is 6.42 Å². The van der Waals surface area contributed by atoms with Gasteiger partial charge in [0.05, 0.1) is 5.02 Å². The SMILES string of the molecule is CN(CCCC(=O)O)CCOc1ccccc1Cl. The fraction of sp³-hybridized carbons (Fsp3) is 0.462. The van der Waals surface area contributed by atoms with Crippen molar-refractivity contribution < 1.29 is 14.6 Å². The Bertz CT molecular complexity index is 384. The molecule has 0 aromatic heterocycles. The van der Waals surface area contributed by atoms with E-state index in [1.165, 1.54) is 0 Å². The van der Waals surface area contributed by atoms with Crippen molar-refractivity contribution in [3.05, 3.63) is 29.3 Å². The summed E-state index contributed by atoms with van der Waals surface area (Å²) >= 11 is 5.95. The third-order valence-corrected chi connectivity index (χ3v) is 2.81. The zero-order valence-electron chi connectivity index (χ0n) is 10.4. The quantitative estimate of drug-likeness (QED) is 0.789. The maximum absolute atomic E-state index is 10.4. The summed E-state index contributed by atoms with van der Waals surface area (Å²) in [6.45, 7) is 2.02. The van der Waals surface area contributed by atoms with Gasteiger partial charge in [0.15, 0.2) is 0 Å². The average molecular weight is 272 g/mol. The topological polar surface area (TPSA) is 49.8 Å². The minimum Gasteiger partial charge on any atom is -0.491 e. The number of halogens is 1. The Balaban J connectivity index is 2.17. The van der Waals surface area contributed by atoms with Gasteiger partial charge >= 0.3 is 5.97 Å². The second kappa shape index (κ2) is 7.95. The van der Waals surface area contributed by atoms with Crippen LogP contribution in [0.3, 0.4) is 0 Å². The van der Waals surface area contributed by atoms with E-state index < -0.39 is 5.97 Å². The van der Waals surface area contributed by atoms with Crippen molar-refractivity contribution in [2.75, 3.05) is 26.7 Å². The lowest BCUT2D eigenvalue weighted by Crippen LogP contribution is -2.25. The van der Waals surface area contributed by atoms with Crippen LogP contribution in [-0.4, -0.2) is 42.7 Å². The lowest BCUT2D eigenvalue weighted by molar-refractivity contribution is -0.137. The van der Waals surface area contributed by atoms with Gasteiger partial charge in [-0.05, 0) is 32.1 Å².